The number of hydrogen-bond acceptors (Lipinski definition) is 6. The van der Waals surface area contributed by atoms with Crippen LogP contribution in [0.3, 0.4) is 0 Å². The first-order valence-electron chi connectivity index (χ1n) is 17.4. The fourth-order valence-electron chi connectivity index (χ4n) is 6.16. The minimum atomic E-state index is -1.23. The topological polar surface area (TPSA) is 98.7 Å². The summed E-state index contributed by atoms with van der Waals surface area (Å²) in [6, 6.07) is 49.8. The monoisotopic (exact) mass is 754 g/mol. The number of rotatable bonds is 12. The van der Waals surface area contributed by atoms with Gasteiger partial charge in [-0.3, -0.25) is 0 Å². The smallest absolute Gasteiger partial charge is 0.545 e. The summed E-state index contributed by atoms with van der Waals surface area (Å²) < 4.78 is 12.3. The third kappa shape index (κ3) is 10.3. The zero-order chi connectivity index (χ0) is 37.0. The number of benzene rings is 6. The number of carboxylic acid groups (broad SMARTS) is 2. The van der Waals surface area contributed by atoms with Gasteiger partial charge in [-0.25, -0.2) is 0 Å². The first kappa shape index (κ1) is 40.3. The molecule has 6 nitrogen and oxygen atoms in total. The summed E-state index contributed by atoms with van der Waals surface area (Å²) in [5.74, 6) is -1.73. The molecule has 53 heavy (non-hydrogen) atoms. The molecule has 0 aromatic heterocycles. The Morgan fingerprint density at radius 2 is 0.698 bits per heavy atom. The molecule has 6 aromatic rings. The SMILES string of the molecule is CC(Oc1c(C(=O)[O-])cccc1C(C)c1ccccc1)c1ccccc1.CC(Oc1c(C(=O)[O-])cccc1C(C)c1ccccc1)c1ccccc1.[Zn+2]. The minimum Gasteiger partial charge on any atom is -0.545 e. The van der Waals surface area contributed by atoms with Crippen molar-refractivity contribution >= 4 is 11.9 Å². The number of ether oxygens (including phenoxy) is 2. The van der Waals surface area contributed by atoms with Crippen molar-refractivity contribution in [3.63, 3.8) is 0 Å². The van der Waals surface area contributed by atoms with E-state index in [-0.39, 0.29) is 54.6 Å². The van der Waals surface area contributed by atoms with E-state index in [9.17, 15) is 19.8 Å². The fourth-order valence-corrected chi connectivity index (χ4v) is 6.16. The van der Waals surface area contributed by atoms with E-state index in [2.05, 4.69) is 0 Å². The van der Waals surface area contributed by atoms with Crippen LogP contribution in [0.2, 0.25) is 0 Å². The van der Waals surface area contributed by atoms with Gasteiger partial charge in [-0.05, 0) is 48.2 Å². The summed E-state index contributed by atoms with van der Waals surface area (Å²) in [6.07, 6.45) is -0.558. The van der Waals surface area contributed by atoms with Crippen LogP contribution in [0.15, 0.2) is 158 Å². The van der Waals surface area contributed by atoms with Crippen LogP contribution < -0.4 is 19.7 Å². The molecule has 6 rings (SSSR count). The maximum Gasteiger partial charge on any atom is 2.00 e. The van der Waals surface area contributed by atoms with Gasteiger partial charge in [0.05, 0.1) is 11.9 Å². The second-order valence-corrected chi connectivity index (χ2v) is 12.6. The van der Waals surface area contributed by atoms with Crippen LogP contribution >= 0.6 is 0 Å². The van der Waals surface area contributed by atoms with Gasteiger partial charge in [-0.15, -0.1) is 0 Å². The zero-order valence-electron chi connectivity index (χ0n) is 30.5. The van der Waals surface area contributed by atoms with Crippen LogP contribution in [-0.2, 0) is 19.5 Å². The van der Waals surface area contributed by atoms with Gasteiger partial charge in [0.25, 0.3) is 0 Å². The van der Waals surface area contributed by atoms with E-state index < -0.39 is 11.9 Å². The molecule has 0 aliphatic heterocycles. The average Bonchev–Trinajstić information content (AvgIpc) is 3.19. The van der Waals surface area contributed by atoms with Crippen LogP contribution in [-0.4, -0.2) is 11.9 Å². The molecule has 0 bridgehead atoms. The van der Waals surface area contributed by atoms with Crippen molar-refractivity contribution in [2.45, 2.75) is 51.7 Å². The maximum atomic E-state index is 11.7. The Labute approximate surface area is 324 Å². The van der Waals surface area contributed by atoms with Gasteiger partial charge in [-0.2, -0.15) is 0 Å². The second-order valence-electron chi connectivity index (χ2n) is 12.6. The van der Waals surface area contributed by atoms with Crippen LogP contribution in [0, 0.1) is 0 Å². The van der Waals surface area contributed by atoms with Crippen molar-refractivity contribution in [3.05, 3.63) is 202 Å². The molecule has 264 valence electrons. The molecule has 0 saturated carbocycles. The van der Waals surface area contributed by atoms with Crippen LogP contribution in [0.4, 0.5) is 0 Å². The Morgan fingerprint density at radius 1 is 0.415 bits per heavy atom. The molecule has 0 aliphatic rings. The summed E-state index contributed by atoms with van der Waals surface area (Å²) in [6.45, 7) is 7.92. The van der Waals surface area contributed by atoms with Crippen molar-refractivity contribution in [2.75, 3.05) is 0 Å². The molecule has 0 spiro atoms. The zero-order valence-corrected chi connectivity index (χ0v) is 33.4. The van der Waals surface area contributed by atoms with Gasteiger partial charge in [-0.1, -0.05) is 159 Å². The molecule has 0 heterocycles. The average molecular weight is 756 g/mol. The predicted octanol–water partition coefficient (Wildman–Crippen LogP) is 8.68. The molecule has 7 heteroatoms. The van der Waals surface area contributed by atoms with E-state index in [1.54, 1.807) is 12.1 Å². The van der Waals surface area contributed by atoms with E-state index >= 15 is 0 Å². The summed E-state index contributed by atoms with van der Waals surface area (Å²) in [5.41, 5.74) is 5.99. The van der Waals surface area contributed by atoms with Crippen LogP contribution in [0.25, 0.3) is 0 Å². The standard InChI is InChI=1S/2C23H22O3.Zn/c2*1-16(18-10-5-3-6-11-18)20-14-9-15-21(23(24)25)22(20)26-17(2)19-12-7-4-8-13-19;/h2*3-17H,1-2H3,(H,24,25);/q;;+2/p-2. The molecule has 6 aromatic carbocycles. The minimum absolute atomic E-state index is 0. The Hall–Kier alpha value is -5.52. The molecular weight excluding hydrogens is 714 g/mol. The van der Waals surface area contributed by atoms with Crippen molar-refractivity contribution in [1.82, 2.24) is 0 Å². The third-order valence-corrected chi connectivity index (χ3v) is 9.19. The Kier molecular flexibility index (Phi) is 14.7. The molecule has 0 radical (unpaired) electrons. The molecule has 4 unspecified atom stereocenters. The summed E-state index contributed by atoms with van der Waals surface area (Å²) >= 11 is 0. The van der Waals surface area contributed by atoms with Crippen LogP contribution in [0.1, 0.15) is 106 Å². The fraction of sp³-hybridized carbons (Fsp3) is 0.174. The number of carbonyl (C=O) groups is 2. The van der Waals surface area contributed by atoms with E-state index in [0.717, 1.165) is 33.4 Å². The van der Waals surface area contributed by atoms with Gasteiger partial charge in [0.2, 0.25) is 0 Å². The quantitative estimate of drug-likeness (QED) is 0.116. The number of para-hydroxylation sites is 2. The molecule has 0 fully saturated rings. The normalized spacial score (nSPS) is 12.8. The first-order chi connectivity index (χ1) is 25.2. The van der Waals surface area contributed by atoms with Crippen molar-refractivity contribution in [3.8, 4) is 11.5 Å². The molecular formula is C46H42O6Zn. The number of aromatic carboxylic acids is 2. The van der Waals surface area contributed by atoms with E-state index in [4.69, 9.17) is 9.47 Å². The largest absolute Gasteiger partial charge is 2.00 e. The van der Waals surface area contributed by atoms with Gasteiger partial charge in [0, 0.05) is 34.1 Å². The molecule has 0 saturated heterocycles. The Morgan fingerprint density at radius 3 is 0.981 bits per heavy atom. The van der Waals surface area contributed by atoms with Gasteiger partial charge >= 0.3 is 19.5 Å². The summed E-state index contributed by atoms with van der Waals surface area (Å²) in [7, 11) is 0. The third-order valence-electron chi connectivity index (χ3n) is 9.19. The molecule has 0 N–H and O–H groups in total. The van der Waals surface area contributed by atoms with Gasteiger partial charge in [0.1, 0.15) is 23.7 Å². The summed E-state index contributed by atoms with van der Waals surface area (Å²) in [5, 5.41) is 23.3. The molecule has 4 atom stereocenters. The second kappa shape index (κ2) is 19.4. The number of hydrogen-bond donors (Lipinski definition) is 0. The van der Waals surface area contributed by atoms with Crippen molar-refractivity contribution < 1.29 is 48.8 Å². The van der Waals surface area contributed by atoms with E-state index in [0.29, 0.717) is 11.5 Å². The van der Waals surface area contributed by atoms with Crippen molar-refractivity contribution in [2.24, 2.45) is 0 Å². The van der Waals surface area contributed by atoms with E-state index in [1.807, 2.05) is 161 Å². The summed E-state index contributed by atoms with van der Waals surface area (Å²) in [4.78, 5) is 23.3. The van der Waals surface area contributed by atoms with Gasteiger partial charge < -0.3 is 29.3 Å². The number of carbonyl (C=O) groups excluding carboxylic acids is 2. The number of carboxylic acids is 2. The van der Waals surface area contributed by atoms with Gasteiger partial charge in [0.15, 0.2) is 0 Å². The van der Waals surface area contributed by atoms with E-state index in [1.165, 1.54) is 12.1 Å². The first-order valence-corrected chi connectivity index (χ1v) is 17.4. The molecule has 0 amide bonds. The van der Waals surface area contributed by atoms with Crippen LogP contribution in [0.5, 0.6) is 11.5 Å². The predicted molar refractivity (Wildman–Crippen MR) is 200 cm³/mol. The Balaban J connectivity index is 0.000000232. The van der Waals surface area contributed by atoms with Crippen molar-refractivity contribution in [1.29, 1.82) is 0 Å². The molecule has 0 aliphatic carbocycles. The Bertz CT molecular complexity index is 1900. The maximum absolute atomic E-state index is 11.7.